The van der Waals surface area contributed by atoms with Crippen molar-refractivity contribution in [1.82, 2.24) is 20.4 Å². The van der Waals surface area contributed by atoms with Gasteiger partial charge in [-0.1, -0.05) is 0 Å². The van der Waals surface area contributed by atoms with Crippen molar-refractivity contribution >= 4 is 17.8 Å². The normalized spacial score (nSPS) is 25.3. The average Bonchev–Trinajstić information content (AvgIpc) is 2.73. The van der Waals surface area contributed by atoms with Gasteiger partial charge in [0.05, 0.1) is 13.2 Å². The molecule has 1 spiro atoms. The number of piperidine rings is 1. The summed E-state index contributed by atoms with van der Waals surface area (Å²) in [5.41, 5.74) is -0.812. The average molecular weight is 296 g/mol. The molecule has 3 saturated heterocycles. The third kappa shape index (κ3) is 2.60. The van der Waals surface area contributed by atoms with Crippen molar-refractivity contribution in [3.63, 3.8) is 0 Å². The maximum Gasteiger partial charge on any atom is 0.325 e. The van der Waals surface area contributed by atoms with Gasteiger partial charge in [-0.3, -0.25) is 14.5 Å². The molecule has 0 saturated carbocycles. The van der Waals surface area contributed by atoms with Gasteiger partial charge in [-0.15, -0.1) is 0 Å². The molecule has 4 amide bonds. The molecule has 3 fully saturated rings. The van der Waals surface area contributed by atoms with E-state index in [2.05, 4.69) is 10.6 Å². The maximum atomic E-state index is 12.5. The van der Waals surface area contributed by atoms with Crippen LogP contribution in [0.5, 0.6) is 0 Å². The van der Waals surface area contributed by atoms with Gasteiger partial charge in [0.25, 0.3) is 5.91 Å². The number of carbonyl (C=O) groups excluding carboxylic acids is 3. The quantitative estimate of drug-likeness (QED) is 0.607. The van der Waals surface area contributed by atoms with Crippen LogP contribution in [0, 0.1) is 0 Å². The van der Waals surface area contributed by atoms with E-state index >= 15 is 0 Å². The number of morpholine rings is 1. The third-order valence-electron chi connectivity index (χ3n) is 4.36. The summed E-state index contributed by atoms with van der Waals surface area (Å²) in [5.74, 6) is -0.469. The summed E-state index contributed by atoms with van der Waals surface area (Å²) in [5, 5.41) is 5.95. The van der Waals surface area contributed by atoms with Gasteiger partial charge in [-0.25, -0.2) is 4.79 Å². The van der Waals surface area contributed by atoms with Gasteiger partial charge in [0.1, 0.15) is 12.1 Å². The SMILES string of the molecule is O=C(CN1C(=O)NC2(CCNCC2)C1=O)N1CCOCC1. The summed E-state index contributed by atoms with van der Waals surface area (Å²) in [4.78, 5) is 39.5. The van der Waals surface area contributed by atoms with Crippen LogP contribution in [0.3, 0.4) is 0 Å². The van der Waals surface area contributed by atoms with E-state index in [1.807, 2.05) is 0 Å². The van der Waals surface area contributed by atoms with Gasteiger partial charge >= 0.3 is 6.03 Å². The molecule has 8 heteroatoms. The van der Waals surface area contributed by atoms with E-state index in [-0.39, 0.29) is 18.4 Å². The second-order valence-electron chi connectivity index (χ2n) is 5.65. The Morgan fingerprint density at radius 2 is 1.86 bits per heavy atom. The van der Waals surface area contributed by atoms with Crippen LogP contribution in [-0.2, 0) is 14.3 Å². The minimum Gasteiger partial charge on any atom is -0.378 e. The summed E-state index contributed by atoms with van der Waals surface area (Å²) >= 11 is 0. The van der Waals surface area contributed by atoms with Crippen LogP contribution in [0.4, 0.5) is 4.79 Å². The molecule has 0 radical (unpaired) electrons. The second kappa shape index (κ2) is 5.61. The molecule has 3 aliphatic heterocycles. The van der Waals surface area contributed by atoms with Crippen molar-refractivity contribution in [3.05, 3.63) is 0 Å². The Kier molecular flexibility index (Phi) is 3.81. The molecule has 3 aliphatic rings. The third-order valence-corrected chi connectivity index (χ3v) is 4.36. The molecule has 0 bridgehead atoms. The lowest BCUT2D eigenvalue weighted by Gasteiger charge is -2.31. The highest BCUT2D eigenvalue weighted by Crippen LogP contribution is 2.26. The fourth-order valence-corrected chi connectivity index (χ4v) is 3.06. The predicted molar refractivity (Wildman–Crippen MR) is 72.5 cm³/mol. The number of amides is 4. The Morgan fingerprint density at radius 3 is 2.52 bits per heavy atom. The second-order valence-corrected chi connectivity index (χ2v) is 5.65. The maximum absolute atomic E-state index is 12.5. The van der Waals surface area contributed by atoms with Crippen molar-refractivity contribution in [2.24, 2.45) is 0 Å². The zero-order valence-electron chi connectivity index (χ0n) is 11.9. The minimum atomic E-state index is -0.812. The monoisotopic (exact) mass is 296 g/mol. The molecule has 3 rings (SSSR count). The van der Waals surface area contributed by atoms with Gasteiger partial charge in [0, 0.05) is 13.1 Å². The lowest BCUT2D eigenvalue weighted by atomic mass is 9.88. The minimum absolute atomic E-state index is 0.181. The highest BCUT2D eigenvalue weighted by molar-refractivity contribution is 6.09. The van der Waals surface area contributed by atoms with Crippen molar-refractivity contribution < 1.29 is 19.1 Å². The fourth-order valence-electron chi connectivity index (χ4n) is 3.06. The molecule has 2 N–H and O–H groups in total. The van der Waals surface area contributed by atoms with Gasteiger partial charge in [-0.2, -0.15) is 0 Å². The van der Waals surface area contributed by atoms with E-state index < -0.39 is 11.6 Å². The molecular formula is C13H20N4O4. The van der Waals surface area contributed by atoms with Gasteiger partial charge < -0.3 is 20.3 Å². The number of hydrogen-bond donors (Lipinski definition) is 2. The first-order chi connectivity index (χ1) is 10.1. The first-order valence-electron chi connectivity index (χ1n) is 7.33. The number of nitrogens with one attached hydrogen (secondary N) is 2. The van der Waals surface area contributed by atoms with Crippen LogP contribution in [0.2, 0.25) is 0 Å². The summed E-state index contributed by atoms with van der Waals surface area (Å²) in [6.45, 7) is 3.23. The first kappa shape index (κ1) is 14.3. The lowest BCUT2D eigenvalue weighted by molar-refractivity contribution is -0.141. The van der Waals surface area contributed by atoms with E-state index in [1.54, 1.807) is 4.90 Å². The molecule has 0 unspecified atom stereocenters. The highest BCUT2D eigenvalue weighted by Gasteiger charge is 2.51. The molecule has 0 atom stereocenters. The molecule has 116 valence electrons. The standard InChI is InChI=1S/C13H20N4O4/c18-10(16-5-7-21-8-6-16)9-17-11(19)13(15-12(17)20)1-3-14-4-2-13/h14H,1-9H2,(H,15,20). The summed E-state index contributed by atoms with van der Waals surface area (Å²) in [6, 6.07) is -0.455. The number of ether oxygens (including phenoxy) is 1. The molecule has 0 aliphatic carbocycles. The van der Waals surface area contributed by atoms with E-state index in [9.17, 15) is 14.4 Å². The molecular weight excluding hydrogens is 276 g/mol. The van der Waals surface area contributed by atoms with Gasteiger partial charge in [0.15, 0.2) is 0 Å². The number of urea groups is 1. The van der Waals surface area contributed by atoms with Crippen molar-refractivity contribution in [1.29, 1.82) is 0 Å². The van der Waals surface area contributed by atoms with E-state index in [1.165, 1.54) is 0 Å². The zero-order chi connectivity index (χ0) is 14.9. The molecule has 0 aromatic rings. The molecule has 0 aromatic heterocycles. The van der Waals surface area contributed by atoms with E-state index in [0.717, 1.165) is 4.90 Å². The summed E-state index contributed by atoms with van der Waals surface area (Å²) < 4.78 is 5.19. The highest BCUT2D eigenvalue weighted by atomic mass is 16.5. The number of hydrogen-bond acceptors (Lipinski definition) is 5. The predicted octanol–water partition coefficient (Wildman–Crippen LogP) is -1.48. The lowest BCUT2D eigenvalue weighted by Crippen LogP contribution is -2.54. The van der Waals surface area contributed by atoms with Crippen LogP contribution in [0.25, 0.3) is 0 Å². The van der Waals surface area contributed by atoms with Crippen molar-refractivity contribution in [2.75, 3.05) is 45.9 Å². The Bertz CT molecular complexity index is 455. The van der Waals surface area contributed by atoms with Crippen LogP contribution < -0.4 is 10.6 Å². The van der Waals surface area contributed by atoms with E-state index in [0.29, 0.717) is 52.2 Å². The van der Waals surface area contributed by atoms with E-state index in [4.69, 9.17) is 4.74 Å². The topological polar surface area (TPSA) is 91.0 Å². The van der Waals surface area contributed by atoms with Gasteiger partial charge in [-0.05, 0) is 25.9 Å². The van der Waals surface area contributed by atoms with Crippen LogP contribution in [-0.4, -0.2) is 79.1 Å². The number of carbonyl (C=O) groups is 3. The fraction of sp³-hybridized carbons (Fsp3) is 0.769. The zero-order valence-corrected chi connectivity index (χ0v) is 11.9. The Labute approximate surface area is 122 Å². The van der Waals surface area contributed by atoms with Crippen LogP contribution in [0.15, 0.2) is 0 Å². The summed E-state index contributed by atoms with van der Waals surface area (Å²) in [7, 11) is 0. The Morgan fingerprint density at radius 1 is 1.19 bits per heavy atom. The number of nitrogens with zero attached hydrogens (tertiary/aromatic N) is 2. The molecule has 3 heterocycles. The molecule has 21 heavy (non-hydrogen) atoms. The number of rotatable bonds is 2. The van der Waals surface area contributed by atoms with Crippen molar-refractivity contribution in [3.8, 4) is 0 Å². The Balaban J connectivity index is 1.66. The number of imide groups is 1. The van der Waals surface area contributed by atoms with Crippen molar-refractivity contribution in [2.45, 2.75) is 18.4 Å². The molecule has 0 aromatic carbocycles. The first-order valence-corrected chi connectivity index (χ1v) is 7.33. The Hall–Kier alpha value is -1.67. The van der Waals surface area contributed by atoms with Crippen LogP contribution >= 0.6 is 0 Å². The smallest absolute Gasteiger partial charge is 0.325 e. The molecule has 8 nitrogen and oxygen atoms in total. The largest absolute Gasteiger partial charge is 0.378 e. The summed E-state index contributed by atoms with van der Waals surface area (Å²) in [6.07, 6.45) is 1.14. The van der Waals surface area contributed by atoms with Crippen LogP contribution in [0.1, 0.15) is 12.8 Å². The van der Waals surface area contributed by atoms with Gasteiger partial charge in [0.2, 0.25) is 5.91 Å².